The number of fused-ring (bicyclic) bond motifs is 2. The predicted molar refractivity (Wildman–Crippen MR) is 84.3 cm³/mol. The molecule has 2 heterocycles. The summed E-state index contributed by atoms with van der Waals surface area (Å²) in [5, 5.41) is 29.1. The van der Waals surface area contributed by atoms with Crippen LogP contribution in [-0.2, 0) is 13.1 Å². The van der Waals surface area contributed by atoms with E-state index >= 15 is 0 Å². The highest BCUT2D eigenvalue weighted by Crippen LogP contribution is 2.12. The Balaban J connectivity index is 1.62. The van der Waals surface area contributed by atoms with E-state index in [1.54, 1.807) is 9.36 Å². The first-order valence-electron chi connectivity index (χ1n) is 7.11. The Kier molecular flexibility index (Phi) is 3.19. The van der Waals surface area contributed by atoms with E-state index < -0.39 is 0 Å². The molecular formula is C15H13N7O. The van der Waals surface area contributed by atoms with Gasteiger partial charge in [0, 0.05) is 0 Å². The van der Waals surface area contributed by atoms with Crippen molar-refractivity contribution in [3.63, 3.8) is 0 Å². The van der Waals surface area contributed by atoms with Gasteiger partial charge in [-0.05, 0) is 24.3 Å². The maximum Gasteiger partial charge on any atom is 0.113 e. The van der Waals surface area contributed by atoms with Gasteiger partial charge in [-0.2, -0.15) is 0 Å². The third kappa shape index (κ3) is 2.39. The van der Waals surface area contributed by atoms with Crippen LogP contribution in [0.1, 0.15) is 0 Å². The number of aromatic nitrogens is 6. The minimum absolute atomic E-state index is 0.325. The summed E-state index contributed by atoms with van der Waals surface area (Å²) in [7, 11) is 0. The Morgan fingerprint density at radius 3 is 1.78 bits per heavy atom. The summed E-state index contributed by atoms with van der Waals surface area (Å²) < 4.78 is 3.40. The van der Waals surface area contributed by atoms with Crippen molar-refractivity contribution < 1.29 is 5.21 Å². The van der Waals surface area contributed by atoms with Crippen molar-refractivity contribution >= 4 is 27.8 Å². The molecule has 23 heavy (non-hydrogen) atoms. The fraction of sp³-hybridized carbons (Fsp3) is 0.133. The second-order valence-electron chi connectivity index (χ2n) is 5.14. The van der Waals surface area contributed by atoms with Gasteiger partial charge in [-0.3, -0.25) is 0 Å². The largest absolute Gasteiger partial charge is 0.411 e. The zero-order chi connectivity index (χ0) is 15.6. The molecule has 0 bridgehead atoms. The van der Waals surface area contributed by atoms with Gasteiger partial charge in [-0.15, -0.1) is 10.2 Å². The van der Waals surface area contributed by atoms with E-state index in [9.17, 15) is 5.21 Å². The predicted octanol–water partition coefficient (Wildman–Crippen LogP) is 1.71. The van der Waals surface area contributed by atoms with Gasteiger partial charge in [0.05, 0.1) is 24.1 Å². The maximum absolute atomic E-state index is 9.33. The second kappa shape index (κ2) is 5.48. The molecule has 0 atom stereocenters. The van der Waals surface area contributed by atoms with Gasteiger partial charge < -0.3 is 5.21 Å². The number of oxime groups is 1. The van der Waals surface area contributed by atoms with E-state index in [0.29, 0.717) is 18.8 Å². The van der Waals surface area contributed by atoms with E-state index in [0.717, 1.165) is 22.1 Å². The van der Waals surface area contributed by atoms with E-state index in [-0.39, 0.29) is 0 Å². The molecule has 0 spiro atoms. The van der Waals surface area contributed by atoms with Crippen LogP contribution in [0.4, 0.5) is 0 Å². The highest BCUT2D eigenvalue weighted by molar-refractivity contribution is 5.86. The van der Waals surface area contributed by atoms with Gasteiger partial charge in [0.15, 0.2) is 0 Å². The number of para-hydroxylation sites is 2. The van der Waals surface area contributed by atoms with Gasteiger partial charge in [-0.25, -0.2) is 9.36 Å². The second-order valence-corrected chi connectivity index (χ2v) is 5.14. The first-order valence-corrected chi connectivity index (χ1v) is 7.11. The summed E-state index contributed by atoms with van der Waals surface area (Å²) in [6.45, 7) is 0.649. The summed E-state index contributed by atoms with van der Waals surface area (Å²) in [6.07, 6.45) is 0. The Hall–Kier alpha value is -3.29. The molecule has 0 fully saturated rings. The summed E-state index contributed by atoms with van der Waals surface area (Å²) in [6, 6.07) is 15.3. The van der Waals surface area contributed by atoms with Crippen molar-refractivity contribution in [2.45, 2.75) is 13.1 Å². The Morgan fingerprint density at radius 1 is 0.826 bits per heavy atom. The van der Waals surface area contributed by atoms with Crippen LogP contribution in [-0.4, -0.2) is 40.9 Å². The molecule has 0 saturated carbocycles. The average molecular weight is 307 g/mol. The van der Waals surface area contributed by atoms with E-state index in [1.807, 2.05) is 48.5 Å². The molecule has 0 saturated heterocycles. The third-order valence-electron chi connectivity index (χ3n) is 3.65. The minimum Gasteiger partial charge on any atom is -0.411 e. The van der Waals surface area contributed by atoms with Crippen molar-refractivity contribution in [3.05, 3.63) is 48.5 Å². The van der Waals surface area contributed by atoms with Gasteiger partial charge in [0.2, 0.25) is 0 Å². The van der Waals surface area contributed by atoms with E-state index in [1.165, 1.54) is 0 Å². The number of nitrogens with zero attached hydrogens (tertiary/aromatic N) is 7. The van der Waals surface area contributed by atoms with Gasteiger partial charge in [-0.1, -0.05) is 39.8 Å². The highest BCUT2D eigenvalue weighted by Gasteiger charge is 2.11. The lowest BCUT2D eigenvalue weighted by molar-refractivity contribution is 0.314. The van der Waals surface area contributed by atoms with Crippen LogP contribution in [0.25, 0.3) is 22.1 Å². The quantitative estimate of drug-likeness (QED) is 0.352. The Labute approximate surface area is 130 Å². The summed E-state index contributed by atoms with van der Waals surface area (Å²) in [5.41, 5.74) is 3.89. The molecule has 0 amide bonds. The van der Waals surface area contributed by atoms with Crippen molar-refractivity contribution in [1.82, 2.24) is 30.0 Å². The van der Waals surface area contributed by atoms with E-state index in [4.69, 9.17) is 0 Å². The smallest absolute Gasteiger partial charge is 0.113 e. The summed E-state index contributed by atoms with van der Waals surface area (Å²) in [4.78, 5) is 0. The van der Waals surface area contributed by atoms with Crippen molar-refractivity contribution in [3.8, 4) is 0 Å². The van der Waals surface area contributed by atoms with Crippen molar-refractivity contribution in [2.75, 3.05) is 0 Å². The lowest BCUT2D eigenvalue weighted by Gasteiger charge is -2.06. The van der Waals surface area contributed by atoms with Crippen LogP contribution < -0.4 is 0 Å². The standard InChI is InChI=1S/C15H13N7O/c23-18-11(9-21-14-7-3-1-5-12(14)16-19-21)10-22-15-8-4-2-6-13(15)17-20-22/h1-8,23H,9-10H2. The molecule has 2 aromatic carbocycles. The lowest BCUT2D eigenvalue weighted by atomic mass is 10.3. The fourth-order valence-corrected chi connectivity index (χ4v) is 2.53. The van der Waals surface area contributed by atoms with Crippen LogP contribution in [0.3, 0.4) is 0 Å². The summed E-state index contributed by atoms with van der Waals surface area (Å²) in [5.74, 6) is 0. The van der Waals surface area contributed by atoms with Crippen LogP contribution in [0.5, 0.6) is 0 Å². The first-order chi connectivity index (χ1) is 11.3. The van der Waals surface area contributed by atoms with Crippen LogP contribution in [0, 0.1) is 0 Å². The van der Waals surface area contributed by atoms with Crippen molar-refractivity contribution in [2.24, 2.45) is 5.16 Å². The molecule has 0 aliphatic heterocycles. The van der Waals surface area contributed by atoms with Gasteiger partial charge in [0.25, 0.3) is 0 Å². The molecule has 8 nitrogen and oxygen atoms in total. The maximum atomic E-state index is 9.33. The molecule has 0 radical (unpaired) electrons. The third-order valence-corrected chi connectivity index (χ3v) is 3.65. The highest BCUT2D eigenvalue weighted by atomic mass is 16.4. The summed E-state index contributed by atoms with van der Waals surface area (Å²) >= 11 is 0. The van der Waals surface area contributed by atoms with Gasteiger partial charge in [0.1, 0.15) is 16.7 Å². The number of rotatable bonds is 4. The normalized spacial score (nSPS) is 11.1. The SMILES string of the molecule is ON=C(Cn1nnc2ccccc21)Cn1nnc2ccccc21. The van der Waals surface area contributed by atoms with Crippen LogP contribution >= 0.6 is 0 Å². The number of benzene rings is 2. The zero-order valence-electron chi connectivity index (χ0n) is 12.1. The molecule has 114 valence electrons. The van der Waals surface area contributed by atoms with Crippen LogP contribution in [0.15, 0.2) is 53.7 Å². The van der Waals surface area contributed by atoms with Gasteiger partial charge >= 0.3 is 0 Å². The first kappa shape index (κ1) is 13.4. The lowest BCUT2D eigenvalue weighted by Crippen LogP contribution is -2.18. The molecule has 0 unspecified atom stereocenters. The molecule has 4 aromatic rings. The van der Waals surface area contributed by atoms with Crippen LogP contribution in [0.2, 0.25) is 0 Å². The Morgan fingerprint density at radius 2 is 1.30 bits per heavy atom. The average Bonchev–Trinajstić information content (AvgIpc) is 3.19. The molecular weight excluding hydrogens is 294 g/mol. The number of hydrogen-bond acceptors (Lipinski definition) is 6. The molecule has 2 aromatic heterocycles. The number of hydrogen-bond donors (Lipinski definition) is 1. The molecule has 8 heteroatoms. The Bertz CT molecular complexity index is 923. The minimum atomic E-state index is 0.325. The molecule has 0 aliphatic carbocycles. The molecule has 0 aliphatic rings. The van der Waals surface area contributed by atoms with E-state index in [2.05, 4.69) is 25.8 Å². The monoisotopic (exact) mass is 307 g/mol. The van der Waals surface area contributed by atoms with Crippen molar-refractivity contribution in [1.29, 1.82) is 0 Å². The molecule has 4 rings (SSSR count). The zero-order valence-corrected chi connectivity index (χ0v) is 12.1. The fourth-order valence-electron chi connectivity index (χ4n) is 2.53. The topological polar surface area (TPSA) is 94.0 Å². The molecule has 1 N–H and O–H groups in total.